The lowest BCUT2D eigenvalue weighted by molar-refractivity contribution is -0.112. The van der Waals surface area contributed by atoms with E-state index < -0.39 is 5.91 Å². The van der Waals surface area contributed by atoms with Crippen LogP contribution < -0.4 is 14.8 Å². The third-order valence-corrected chi connectivity index (χ3v) is 3.51. The molecule has 0 radical (unpaired) electrons. The van der Waals surface area contributed by atoms with Gasteiger partial charge in [0.1, 0.15) is 17.7 Å². The molecule has 27 heavy (non-hydrogen) atoms. The van der Waals surface area contributed by atoms with E-state index in [1.165, 1.54) is 6.08 Å². The van der Waals surface area contributed by atoms with Gasteiger partial charge < -0.3 is 14.8 Å². The van der Waals surface area contributed by atoms with Crippen molar-refractivity contribution in [1.82, 2.24) is 0 Å². The Labute approximate surface area is 158 Å². The first-order valence-electron chi connectivity index (χ1n) is 8.33. The molecule has 6 nitrogen and oxygen atoms in total. The summed E-state index contributed by atoms with van der Waals surface area (Å²) in [6.07, 6.45) is 1.47. The van der Waals surface area contributed by atoms with E-state index in [1.54, 1.807) is 24.3 Å². The van der Waals surface area contributed by atoms with Crippen molar-refractivity contribution in [3.8, 4) is 23.6 Å². The Morgan fingerprint density at radius 2 is 1.96 bits per heavy atom. The quantitative estimate of drug-likeness (QED) is 0.597. The number of nitrogens with zero attached hydrogens (tertiary/aromatic N) is 2. The number of rotatable bonds is 7. The number of amides is 1. The van der Waals surface area contributed by atoms with Crippen LogP contribution in [-0.2, 0) is 4.79 Å². The van der Waals surface area contributed by atoms with Crippen LogP contribution in [0.25, 0.3) is 6.08 Å². The highest BCUT2D eigenvalue weighted by molar-refractivity contribution is 6.09. The Hall–Kier alpha value is -3.77. The lowest BCUT2D eigenvalue weighted by Gasteiger charge is -2.11. The minimum absolute atomic E-state index is 0.0374. The van der Waals surface area contributed by atoms with Gasteiger partial charge in [-0.15, -0.1) is 0 Å². The molecule has 1 amide bonds. The highest BCUT2D eigenvalue weighted by Crippen LogP contribution is 2.29. The molecular weight excluding hydrogens is 342 g/mol. The highest BCUT2D eigenvalue weighted by Gasteiger charge is 2.11. The summed E-state index contributed by atoms with van der Waals surface area (Å²) in [5.74, 6) is 0.377. The maximum atomic E-state index is 12.4. The second-order valence-electron chi connectivity index (χ2n) is 5.58. The fraction of sp³-hybridized carbons (Fsp3) is 0.190. The van der Waals surface area contributed by atoms with Crippen LogP contribution in [-0.4, -0.2) is 19.1 Å². The number of anilines is 1. The van der Waals surface area contributed by atoms with E-state index >= 15 is 0 Å². The molecule has 0 aliphatic rings. The lowest BCUT2D eigenvalue weighted by Crippen LogP contribution is -2.13. The normalized spacial score (nSPS) is 10.4. The van der Waals surface area contributed by atoms with E-state index in [0.717, 1.165) is 5.56 Å². The van der Waals surface area contributed by atoms with Crippen molar-refractivity contribution in [2.24, 2.45) is 0 Å². The molecule has 136 valence electrons. The summed E-state index contributed by atoms with van der Waals surface area (Å²) < 4.78 is 10.8. The van der Waals surface area contributed by atoms with Crippen LogP contribution in [0, 0.1) is 29.6 Å². The van der Waals surface area contributed by atoms with Gasteiger partial charge in [0, 0.05) is 5.69 Å². The highest BCUT2D eigenvalue weighted by atomic mass is 16.5. The van der Waals surface area contributed by atoms with Crippen LogP contribution >= 0.6 is 0 Å². The van der Waals surface area contributed by atoms with Gasteiger partial charge in [0.2, 0.25) is 0 Å². The minimum Gasteiger partial charge on any atom is -0.490 e. The number of aryl methyl sites for hydroxylation is 1. The van der Waals surface area contributed by atoms with Crippen molar-refractivity contribution < 1.29 is 14.3 Å². The third kappa shape index (κ3) is 5.62. The van der Waals surface area contributed by atoms with Crippen LogP contribution in [0.5, 0.6) is 11.5 Å². The minimum atomic E-state index is -0.495. The van der Waals surface area contributed by atoms with Crippen LogP contribution in [0.2, 0.25) is 0 Å². The van der Waals surface area contributed by atoms with E-state index in [2.05, 4.69) is 5.32 Å². The van der Waals surface area contributed by atoms with E-state index in [0.29, 0.717) is 29.4 Å². The topological polar surface area (TPSA) is 95.1 Å². The van der Waals surface area contributed by atoms with Crippen LogP contribution in [0.15, 0.2) is 48.0 Å². The molecule has 0 heterocycles. The number of carbonyl (C=O) groups excluding carboxylic acids is 1. The smallest absolute Gasteiger partial charge is 0.266 e. The maximum Gasteiger partial charge on any atom is 0.266 e. The molecule has 0 spiro atoms. The summed E-state index contributed by atoms with van der Waals surface area (Å²) in [4.78, 5) is 12.4. The van der Waals surface area contributed by atoms with Crippen molar-refractivity contribution in [3.63, 3.8) is 0 Å². The average Bonchev–Trinajstić information content (AvgIpc) is 2.65. The van der Waals surface area contributed by atoms with Gasteiger partial charge >= 0.3 is 0 Å². The first-order valence-corrected chi connectivity index (χ1v) is 8.33. The zero-order chi connectivity index (χ0) is 19.6. The van der Waals surface area contributed by atoms with Gasteiger partial charge in [0.15, 0.2) is 18.1 Å². The van der Waals surface area contributed by atoms with Crippen molar-refractivity contribution in [3.05, 3.63) is 59.2 Å². The zero-order valence-corrected chi connectivity index (χ0v) is 15.2. The Kier molecular flexibility index (Phi) is 6.99. The summed E-state index contributed by atoms with van der Waals surface area (Å²) in [5, 5.41) is 20.7. The summed E-state index contributed by atoms with van der Waals surface area (Å²) in [6, 6.07) is 16.1. The predicted octanol–water partition coefficient (Wildman–Crippen LogP) is 3.84. The van der Waals surface area contributed by atoms with Crippen molar-refractivity contribution >= 4 is 17.7 Å². The Morgan fingerprint density at radius 1 is 1.15 bits per heavy atom. The second-order valence-corrected chi connectivity index (χ2v) is 5.58. The first kappa shape index (κ1) is 19.6. The number of benzene rings is 2. The van der Waals surface area contributed by atoms with Crippen LogP contribution in [0.4, 0.5) is 5.69 Å². The second kappa shape index (κ2) is 9.65. The molecule has 0 atom stereocenters. The van der Waals surface area contributed by atoms with Crippen molar-refractivity contribution in [1.29, 1.82) is 10.5 Å². The van der Waals surface area contributed by atoms with Crippen molar-refractivity contribution in [2.75, 3.05) is 18.5 Å². The molecule has 2 aromatic carbocycles. The van der Waals surface area contributed by atoms with Gasteiger partial charge in [0.25, 0.3) is 5.91 Å². The van der Waals surface area contributed by atoms with Gasteiger partial charge in [-0.05, 0) is 55.3 Å². The molecule has 0 aliphatic carbocycles. The van der Waals surface area contributed by atoms with E-state index in [9.17, 15) is 10.1 Å². The predicted molar refractivity (Wildman–Crippen MR) is 102 cm³/mol. The molecule has 0 bridgehead atoms. The molecule has 2 rings (SSSR count). The summed E-state index contributed by atoms with van der Waals surface area (Å²) in [6.45, 7) is 4.06. The molecule has 1 N–H and O–H groups in total. The zero-order valence-electron chi connectivity index (χ0n) is 15.2. The first-order chi connectivity index (χ1) is 13.1. The van der Waals surface area contributed by atoms with E-state index in [4.69, 9.17) is 14.7 Å². The number of hydrogen-bond acceptors (Lipinski definition) is 5. The van der Waals surface area contributed by atoms with Gasteiger partial charge in [0.05, 0.1) is 6.61 Å². The molecule has 0 aliphatic heterocycles. The molecular formula is C21H19N3O3. The van der Waals surface area contributed by atoms with E-state index in [-0.39, 0.29) is 12.2 Å². The molecule has 2 aromatic rings. The Balaban J connectivity index is 2.25. The Morgan fingerprint density at radius 3 is 2.63 bits per heavy atom. The largest absolute Gasteiger partial charge is 0.490 e. The van der Waals surface area contributed by atoms with Crippen molar-refractivity contribution in [2.45, 2.75) is 13.8 Å². The van der Waals surface area contributed by atoms with Gasteiger partial charge in [-0.25, -0.2) is 0 Å². The number of hydrogen-bond donors (Lipinski definition) is 1. The number of nitrogens with one attached hydrogen (secondary N) is 1. The van der Waals surface area contributed by atoms with Gasteiger partial charge in [-0.1, -0.05) is 18.2 Å². The summed E-state index contributed by atoms with van der Waals surface area (Å²) in [7, 11) is 0. The number of nitriles is 2. The fourth-order valence-corrected chi connectivity index (χ4v) is 2.35. The molecule has 0 fully saturated rings. The molecule has 0 unspecified atom stereocenters. The van der Waals surface area contributed by atoms with Crippen LogP contribution in [0.1, 0.15) is 18.1 Å². The van der Waals surface area contributed by atoms with E-state index in [1.807, 2.05) is 44.2 Å². The molecule has 6 heteroatoms. The monoisotopic (exact) mass is 361 g/mol. The van der Waals surface area contributed by atoms with Crippen LogP contribution in [0.3, 0.4) is 0 Å². The van der Waals surface area contributed by atoms with Gasteiger partial charge in [-0.3, -0.25) is 4.79 Å². The fourth-order valence-electron chi connectivity index (χ4n) is 2.35. The Bertz CT molecular complexity index is 936. The molecule has 0 saturated heterocycles. The molecule has 0 aromatic heterocycles. The SMILES string of the molecule is CCOc1cc(/C=C(/C#N)C(=O)Nc2cccc(C)c2)ccc1OCC#N. The molecule has 0 saturated carbocycles. The summed E-state index contributed by atoms with van der Waals surface area (Å²) >= 11 is 0. The lowest BCUT2D eigenvalue weighted by atomic mass is 10.1. The maximum absolute atomic E-state index is 12.4. The number of carbonyl (C=O) groups is 1. The van der Waals surface area contributed by atoms with Gasteiger partial charge in [-0.2, -0.15) is 10.5 Å². The summed E-state index contributed by atoms with van der Waals surface area (Å²) in [5.41, 5.74) is 2.20. The average molecular weight is 361 g/mol. The standard InChI is InChI=1S/C21H19N3O3/c1-3-26-20-13-16(7-8-19(20)27-10-9-22)12-17(14-23)21(25)24-18-6-4-5-15(2)11-18/h4-8,11-13H,3,10H2,1-2H3,(H,24,25)/b17-12-. The number of ether oxygens (including phenoxy) is 2. The third-order valence-electron chi connectivity index (χ3n) is 3.51.